The highest BCUT2D eigenvalue weighted by Crippen LogP contribution is 2.34. The van der Waals surface area contributed by atoms with E-state index in [2.05, 4.69) is 54.4 Å². The molecule has 0 bridgehead atoms. The first kappa shape index (κ1) is 23.2. The van der Waals surface area contributed by atoms with Crippen LogP contribution in [0, 0.1) is 0 Å². The second-order valence-electron chi connectivity index (χ2n) is 8.75. The lowest BCUT2D eigenvalue weighted by atomic mass is 10.1. The van der Waals surface area contributed by atoms with Crippen LogP contribution in [-0.4, -0.2) is 58.9 Å². The van der Waals surface area contributed by atoms with Crippen molar-refractivity contribution in [2.75, 3.05) is 44.7 Å². The van der Waals surface area contributed by atoms with Gasteiger partial charge in [0.15, 0.2) is 23.0 Å². The molecule has 0 atom stereocenters. The van der Waals surface area contributed by atoms with E-state index in [0.717, 1.165) is 72.5 Å². The van der Waals surface area contributed by atoms with E-state index in [0.29, 0.717) is 19.6 Å². The van der Waals surface area contributed by atoms with E-state index in [1.807, 2.05) is 34.8 Å². The van der Waals surface area contributed by atoms with Crippen LogP contribution in [0.3, 0.4) is 0 Å². The molecule has 3 heterocycles. The molecule has 1 aliphatic rings. The van der Waals surface area contributed by atoms with E-state index < -0.39 is 0 Å². The number of aromatic nitrogens is 3. The molecule has 5 rings (SSSR count). The minimum atomic E-state index is 0.567. The zero-order chi connectivity index (χ0) is 24.0. The Morgan fingerprint density at radius 3 is 2.63 bits per heavy atom. The lowest BCUT2D eigenvalue weighted by Gasteiger charge is -2.19. The van der Waals surface area contributed by atoms with Crippen LogP contribution in [-0.2, 0) is 6.42 Å². The summed E-state index contributed by atoms with van der Waals surface area (Å²) in [5, 5.41) is 8.41. The van der Waals surface area contributed by atoms with Gasteiger partial charge < -0.3 is 19.7 Å². The van der Waals surface area contributed by atoms with Crippen LogP contribution in [0.15, 0.2) is 60.7 Å². The Hall–Kier alpha value is -3.58. The fraction of sp³-hybridized carbons (Fsp3) is 0.357. The minimum Gasteiger partial charge on any atom is -0.486 e. The molecule has 182 valence electrons. The molecule has 0 saturated carbocycles. The Morgan fingerprint density at radius 2 is 1.77 bits per heavy atom. The number of nitrogens with zero attached hydrogens (tertiary/aromatic N) is 4. The van der Waals surface area contributed by atoms with E-state index in [4.69, 9.17) is 19.6 Å². The normalized spacial score (nSPS) is 12.9. The van der Waals surface area contributed by atoms with Gasteiger partial charge >= 0.3 is 0 Å². The van der Waals surface area contributed by atoms with Crippen LogP contribution >= 0.6 is 0 Å². The van der Waals surface area contributed by atoms with Crippen molar-refractivity contribution in [1.29, 1.82) is 0 Å². The summed E-state index contributed by atoms with van der Waals surface area (Å²) in [5.74, 6) is 2.36. The monoisotopic (exact) mass is 471 g/mol. The molecule has 4 aromatic rings. The number of benzene rings is 2. The van der Waals surface area contributed by atoms with Gasteiger partial charge in [-0.15, -0.1) is 0 Å². The van der Waals surface area contributed by atoms with E-state index in [1.165, 1.54) is 5.56 Å². The average Bonchev–Trinajstić information content (AvgIpc) is 3.31. The number of ether oxygens (including phenoxy) is 2. The number of pyridine rings is 1. The van der Waals surface area contributed by atoms with E-state index in [-0.39, 0.29) is 0 Å². The molecule has 2 aromatic heterocycles. The summed E-state index contributed by atoms with van der Waals surface area (Å²) < 4.78 is 13.4. The molecule has 0 aliphatic carbocycles. The van der Waals surface area contributed by atoms with Crippen LogP contribution in [0.1, 0.15) is 31.7 Å². The van der Waals surface area contributed by atoms with Gasteiger partial charge in [0.05, 0.1) is 5.69 Å². The molecule has 0 spiro atoms. The number of anilines is 1. The smallest absolute Gasteiger partial charge is 0.162 e. The maximum absolute atomic E-state index is 5.77. The van der Waals surface area contributed by atoms with Gasteiger partial charge in [-0.05, 0) is 74.1 Å². The molecule has 0 saturated heterocycles. The maximum Gasteiger partial charge on any atom is 0.162 e. The van der Waals surface area contributed by atoms with Crippen LogP contribution < -0.4 is 14.8 Å². The van der Waals surface area contributed by atoms with E-state index in [9.17, 15) is 0 Å². The van der Waals surface area contributed by atoms with Crippen molar-refractivity contribution in [3.63, 3.8) is 0 Å². The fourth-order valence-corrected chi connectivity index (χ4v) is 4.49. The zero-order valence-electron chi connectivity index (χ0n) is 20.5. The molecule has 0 fully saturated rings. The molecule has 1 N–H and O–H groups in total. The molecule has 1 aliphatic heterocycles. The lowest BCUT2D eigenvalue weighted by molar-refractivity contribution is 0.171. The van der Waals surface area contributed by atoms with Gasteiger partial charge in [0.25, 0.3) is 0 Å². The predicted molar refractivity (Wildman–Crippen MR) is 140 cm³/mol. The third-order valence-corrected chi connectivity index (χ3v) is 6.41. The number of hydrogen-bond acceptors (Lipinski definition) is 6. The van der Waals surface area contributed by atoms with E-state index in [1.54, 1.807) is 0 Å². The number of fused-ring (bicyclic) bond motifs is 2. The van der Waals surface area contributed by atoms with Gasteiger partial charge in [-0.1, -0.05) is 32.0 Å². The largest absolute Gasteiger partial charge is 0.486 e. The van der Waals surface area contributed by atoms with E-state index >= 15 is 0 Å². The van der Waals surface area contributed by atoms with Gasteiger partial charge in [-0.25, -0.2) is 9.50 Å². The summed E-state index contributed by atoms with van der Waals surface area (Å²) in [7, 11) is 0. The van der Waals surface area contributed by atoms with Crippen molar-refractivity contribution in [1.82, 2.24) is 19.5 Å². The number of rotatable bonds is 10. The highest BCUT2D eigenvalue weighted by molar-refractivity contribution is 5.66. The Balaban J connectivity index is 1.30. The molecular formula is C28H33N5O2. The molecular weight excluding hydrogens is 438 g/mol. The standard InChI is InChI=1S/C28H33N5O2/c1-3-32(4-2)15-7-14-29-23-9-5-8-21(18-23)19-27-30-28-11-6-10-24(33(28)31-27)22-12-13-25-26(20-22)35-17-16-34-25/h5-6,8-13,18,20,29H,3-4,7,14-17,19H2,1-2H3. The molecule has 0 unspecified atom stereocenters. The predicted octanol–water partition coefficient (Wildman–Crippen LogP) is 4.90. The molecule has 7 heteroatoms. The second-order valence-corrected chi connectivity index (χ2v) is 8.75. The SMILES string of the molecule is CCN(CC)CCCNc1cccc(Cc2nc3cccc(-c4ccc5c(c4)OCCO5)n3n2)c1. The Morgan fingerprint density at radius 1 is 0.943 bits per heavy atom. The average molecular weight is 472 g/mol. The van der Waals surface area contributed by atoms with Crippen LogP contribution in [0.5, 0.6) is 11.5 Å². The van der Waals surface area contributed by atoms with Crippen molar-refractivity contribution in [2.45, 2.75) is 26.7 Å². The molecule has 0 amide bonds. The van der Waals surface area contributed by atoms with Crippen molar-refractivity contribution < 1.29 is 9.47 Å². The Labute approximate surface area is 206 Å². The fourth-order valence-electron chi connectivity index (χ4n) is 4.49. The van der Waals surface area contributed by atoms with Crippen molar-refractivity contribution >= 4 is 11.3 Å². The summed E-state index contributed by atoms with van der Waals surface area (Å²) >= 11 is 0. The highest BCUT2D eigenvalue weighted by atomic mass is 16.6. The number of nitrogens with one attached hydrogen (secondary N) is 1. The van der Waals surface area contributed by atoms with Crippen molar-refractivity contribution in [3.05, 3.63) is 72.1 Å². The van der Waals surface area contributed by atoms with Crippen LogP contribution in [0.25, 0.3) is 16.9 Å². The quantitative estimate of drug-likeness (QED) is 0.332. The minimum absolute atomic E-state index is 0.567. The first-order valence-corrected chi connectivity index (χ1v) is 12.5. The summed E-state index contributed by atoms with van der Waals surface area (Å²) in [6.45, 7) is 9.88. The van der Waals surface area contributed by atoms with Gasteiger partial charge in [0.2, 0.25) is 0 Å². The molecule has 0 radical (unpaired) electrons. The second kappa shape index (κ2) is 10.8. The van der Waals surface area contributed by atoms with Gasteiger partial charge in [-0.3, -0.25) is 0 Å². The Bertz CT molecular complexity index is 1280. The Kier molecular flexibility index (Phi) is 7.14. The maximum atomic E-state index is 5.77. The first-order chi connectivity index (χ1) is 17.2. The van der Waals surface area contributed by atoms with Gasteiger partial charge in [0.1, 0.15) is 13.2 Å². The summed E-state index contributed by atoms with van der Waals surface area (Å²) in [4.78, 5) is 7.25. The highest BCUT2D eigenvalue weighted by Gasteiger charge is 2.15. The van der Waals surface area contributed by atoms with Gasteiger partial charge in [0, 0.05) is 24.2 Å². The first-order valence-electron chi connectivity index (χ1n) is 12.5. The third-order valence-electron chi connectivity index (χ3n) is 6.41. The van der Waals surface area contributed by atoms with Crippen LogP contribution in [0.2, 0.25) is 0 Å². The zero-order valence-corrected chi connectivity index (χ0v) is 20.5. The number of hydrogen-bond donors (Lipinski definition) is 1. The topological polar surface area (TPSA) is 63.9 Å². The molecule has 7 nitrogen and oxygen atoms in total. The van der Waals surface area contributed by atoms with Crippen molar-refractivity contribution in [3.8, 4) is 22.8 Å². The summed E-state index contributed by atoms with van der Waals surface area (Å²) in [6, 6.07) is 20.6. The third kappa shape index (κ3) is 5.41. The molecule has 35 heavy (non-hydrogen) atoms. The lowest BCUT2D eigenvalue weighted by Crippen LogP contribution is -2.25. The molecule has 2 aromatic carbocycles. The summed E-state index contributed by atoms with van der Waals surface area (Å²) in [6.07, 6.45) is 1.81. The van der Waals surface area contributed by atoms with Gasteiger partial charge in [-0.2, -0.15) is 5.10 Å². The van der Waals surface area contributed by atoms with Crippen LogP contribution in [0.4, 0.5) is 5.69 Å². The summed E-state index contributed by atoms with van der Waals surface area (Å²) in [5.41, 5.74) is 5.16. The van der Waals surface area contributed by atoms with Crippen molar-refractivity contribution in [2.24, 2.45) is 0 Å².